The molecule has 0 aromatic rings. The molecule has 0 amide bonds. The molecule has 2 N–H and O–H groups in total. The Morgan fingerprint density at radius 3 is 2.32 bits per heavy atom. The van der Waals surface area contributed by atoms with Gasteiger partial charge in [0.05, 0.1) is 0 Å². The van der Waals surface area contributed by atoms with Crippen molar-refractivity contribution in [1.29, 1.82) is 0 Å². The Labute approximate surface area is 135 Å². The number of hydrogen-bond acceptors (Lipinski definition) is 2. The highest BCUT2D eigenvalue weighted by Gasteiger charge is 2.21. The summed E-state index contributed by atoms with van der Waals surface area (Å²) in [6, 6.07) is 0.422. The topological polar surface area (TPSA) is 39.7 Å². The van der Waals surface area contributed by atoms with E-state index in [4.69, 9.17) is 0 Å². The first-order valence-electron chi connectivity index (χ1n) is 7.20. The summed E-state index contributed by atoms with van der Waals surface area (Å²) in [4.78, 5) is 6.78. The minimum absolute atomic E-state index is 0. The third-order valence-electron chi connectivity index (χ3n) is 3.31. The van der Waals surface area contributed by atoms with Crippen LogP contribution in [-0.2, 0) is 0 Å². The molecule has 0 aromatic carbocycles. The van der Waals surface area contributed by atoms with E-state index in [-0.39, 0.29) is 24.0 Å². The Hall–Kier alpha value is -0.0400. The molecule has 4 nitrogen and oxygen atoms in total. The first-order valence-corrected chi connectivity index (χ1v) is 7.20. The minimum atomic E-state index is 0. The van der Waals surface area contributed by atoms with E-state index in [1.165, 1.54) is 19.5 Å². The number of rotatable bonds is 4. The quantitative estimate of drug-likeness (QED) is 0.445. The van der Waals surface area contributed by atoms with Crippen LogP contribution in [0, 0.1) is 11.8 Å². The van der Waals surface area contributed by atoms with Gasteiger partial charge in [-0.15, -0.1) is 24.0 Å². The summed E-state index contributed by atoms with van der Waals surface area (Å²) in [6.07, 6.45) is 1.38. The number of piperidine rings is 1. The lowest BCUT2D eigenvalue weighted by Crippen LogP contribution is -2.46. The predicted molar refractivity (Wildman–Crippen MR) is 94.4 cm³/mol. The van der Waals surface area contributed by atoms with E-state index < -0.39 is 0 Å². The van der Waals surface area contributed by atoms with Crippen molar-refractivity contribution < 1.29 is 0 Å². The maximum Gasteiger partial charge on any atom is 0.191 e. The standard InChI is InChI=1S/C14H30N4.HI/c1-11(2)17-14(15-5)16-6-7-18-9-12(3)8-13(4)10-18;/h11-13H,6-10H2,1-5H3,(H2,15,16,17);1H. The Kier molecular flexibility index (Phi) is 9.78. The molecule has 1 aliphatic rings. The van der Waals surface area contributed by atoms with Crippen LogP contribution in [0.25, 0.3) is 0 Å². The molecule has 19 heavy (non-hydrogen) atoms. The minimum Gasteiger partial charge on any atom is -0.355 e. The maximum absolute atomic E-state index is 4.22. The van der Waals surface area contributed by atoms with Gasteiger partial charge in [0, 0.05) is 39.3 Å². The molecule has 1 rings (SSSR count). The zero-order valence-corrected chi connectivity index (χ0v) is 15.4. The first-order chi connectivity index (χ1) is 8.51. The molecule has 1 fully saturated rings. The van der Waals surface area contributed by atoms with Gasteiger partial charge in [-0.25, -0.2) is 0 Å². The van der Waals surface area contributed by atoms with Gasteiger partial charge in [-0.3, -0.25) is 4.99 Å². The number of nitrogens with one attached hydrogen (secondary N) is 2. The summed E-state index contributed by atoms with van der Waals surface area (Å²) in [5.74, 6) is 2.58. The second kappa shape index (κ2) is 9.80. The van der Waals surface area contributed by atoms with E-state index in [0.717, 1.165) is 30.9 Å². The fourth-order valence-electron chi connectivity index (χ4n) is 2.78. The van der Waals surface area contributed by atoms with Gasteiger partial charge in [-0.1, -0.05) is 13.8 Å². The van der Waals surface area contributed by atoms with Crippen molar-refractivity contribution in [3.05, 3.63) is 0 Å². The van der Waals surface area contributed by atoms with Crippen molar-refractivity contribution in [3.63, 3.8) is 0 Å². The number of aliphatic imine (C=N–C) groups is 1. The molecule has 5 heteroatoms. The van der Waals surface area contributed by atoms with E-state index in [9.17, 15) is 0 Å². The average molecular weight is 382 g/mol. The Morgan fingerprint density at radius 2 is 1.84 bits per heavy atom. The highest BCUT2D eigenvalue weighted by atomic mass is 127. The molecule has 1 heterocycles. The molecular formula is C14H31IN4. The second-order valence-corrected chi connectivity index (χ2v) is 6.00. The average Bonchev–Trinajstić information content (AvgIpc) is 2.25. The molecule has 0 saturated carbocycles. The van der Waals surface area contributed by atoms with Gasteiger partial charge < -0.3 is 15.5 Å². The van der Waals surface area contributed by atoms with E-state index in [1.807, 2.05) is 7.05 Å². The third-order valence-corrected chi connectivity index (χ3v) is 3.31. The Morgan fingerprint density at radius 1 is 1.26 bits per heavy atom. The van der Waals surface area contributed by atoms with Crippen LogP contribution < -0.4 is 10.6 Å². The smallest absolute Gasteiger partial charge is 0.191 e. The van der Waals surface area contributed by atoms with Crippen molar-refractivity contribution in [1.82, 2.24) is 15.5 Å². The van der Waals surface area contributed by atoms with Crippen LogP contribution in [0.5, 0.6) is 0 Å². The fraction of sp³-hybridized carbons (Fsp3) is 0.929. The number of hydrogen-bond donors (Lipinski definition) is 2. The molecule has 0 aromatic heterocycles. The molecule has 0 aliphatic carbocycles. The summed E-state index contributed by atoms with van der Waals surface area (Å²) in [6.45, 7) is 13.5. The Bertz CT molecular complexity index is 258. The predicted octanol–water partition coefficient (Wildman–Crippen LogP) is 2.16. The molecule has 114 valence electrons. The van der Waals surface area contributed by atoms with Gasteiger partial charge in [-0.05, 0) is 32.1 Å². The molecule has 0 spiro atoms. The monoisotopic (exact) mass is 382 g/mol. The number of likely N-dealkylation sites (tertiary alicyclic amines) is 1. The summed E-state index contributed by atoms with van der Waals surface area (Å²) in [5.41, 5.74) is 0. The summed E-state index contributed by atoms with van der Waals surface area (Å²) < 4.78 is 0. The lowest BCUT2D eigenvalue weighted by Gasteiger charge is -2.35. The highest BCUT2D eigenvalue weighted by molar-refractivity contribution is 14.0. The lowest BCUT2D eigenvalue weighted by molar-refractivity contribution is 0.143. The van der Waals surface area contributed by atoms with Crippen LogP contribution in [0.3, 0.4) is 0 Å². The van der Waals surface area contributed by atoms with E-state index in [0.29, 0.717) is 6.04 Å². The molecule has 1 aliphatic heterocycles. The van der Waals surface area contributed by atoms with Crippen molar-refractivity contribution >= 4 is 29.9 Å². The number of guanidine groups is 1. The van der Waals surface area contributed by atoms with E-state index >= 15 is 0 Å². The number of halogens is 1. The van der Waals surface area contributed by atoms with Crippen molar-refractivity contribution in [2.45, 2.75) is 40.2 Å². The van der Waals surface area contributed by atoms with Crippen LogP contribution in [0.1, 0.15) is 34.1 Å². The van der Waals surface area contributed by atoms with Gasteiger partial charge in [-0.2, -0.15) is 0 Å². The van der Waals surface area contributed by atoms with Gasteiger partial charge >= 0.3 is 0 Å². The van der Waals surface area contributed by atoms with Gasteiger partial charge in [0.25, 0.3) is 0 Å². The molecule has 2 atom stereocenters. The normalized spacial score (nSPS) is 25.1. The zero-order valence-electron chi connectivity index (χ0n) is 13.1. The van der Waals surface area contributed by atoms with Crippen LogP contribution in [-0.4, -0.2) is 50.1 Å². The highest BCUT2D eigenvalue weighted by Crippen LogP contribution is 2.20. The van der Waals surface area contributed by atoms with Crippen LogP contribution in [0.2, 0.25) is 0 Å². The summed E-state index contributed by atoms with van der Waals surface area (Å²) in [7, 11) is 1.82. The van der Waals surface area contributed by atoms with Crippen molar-refractivity contribution in [2.24, 2.45) is 16.8 Å². The molecule has 1 saturated heterocycles. The first kappa shape index (κ1) is 19.0. The second-order valence-electron chi connectivity index (χ2n) is 6.00. The Balaban J connectivity index is 0.00000324. The van der Waals surface area contributed by atoms with Crippen LogP contribution in [0.4, 0.5) is 0 Å². The molecule has 0 radical (unpaired) electrons. The largest absolute Gasteiger partial charge is 0.355 e. The van der Waals surface area contributed by atoms with E-state index in [2.05, 4.69) is 48.2 Å². The third kappa shape index (κ3) is 7.97. The van der Waals surface area contributed by atoms with Crippen LogP contribution in [0.15, 0.2) is 4.99 Å². The SMILES string of the molecule is CN=C(NCCN1CC(C)CC(C)C1)NC(C)C.I. The molecule has 0 bridgehead atoms. The summed E-state index contributed by atoms with van der Waals surface area (Å²) in [5, 5.41) is 6.68. The number of nitrogens with zero attached hydrogens (tertiary/aromatic N) is 2. The van der Waals surface area contributed by atoms with Gasteiger partial charge in [0.2, 0.25) is 0 Å². The maximum atomic E-state index is 4.22. The van der Waals surface area contributed by atoms with Crippen molar-refractivity contribution in [2.75, 3.05) is 33.2 Å². The van der Waals surface area contributed by atoms with E-state index in [1.54, 1.807) is 0 Å². The van der Waals surface area contributed by atoms with Gasteiger partial charge in [0.1, 0.15) is 0 Å². The summed E-state index contributed by atoms with van der Waals surface area (Å²) >= 11 is 0. The lowest BCUT2D eigenvalue weighted by atomic mass is 9.92. The van der Waals surface area contributed by atoms with Crippen molar-refractivity contribution in [3.8, 4) is 0 Å². The molecule has 2 unspecified atom stereocenters. The molecular weight excluding hydrogens is 351 g/mol. The van der Waals surface area contributed by atoms with Gasteiger partial charge in [0.15, 0.2) is 5.96 Å². The fourth-order valence-corrected chi connectivity index (χ4v) is 2.78. The zero-order chi connectivity index (χ0) is 13.5. The van der Waals surface area contributed by atoms with Crippen LogP contribution >= 0.6 is 24.0 Å².